The van der Waals surface area contributed by atoms with Crippen LogP contribution in [-0.2, 0) is 21.9 Å². The normalized spacial score (nSPS) is 12.2. The lowest BCUT2D eigenvalue weighted by atomic mass is 10.0. The maximum Gasteiger partial charge on any atom is 0.329 e. The highest BCUT2D eigenvalue weighted by atomic mass is 32.2. The van der Waals surface area contributed by atoms with E-state index in [1.807, 2.05) is 0 Å². The van der Waals surface area contributed by atoms with Crippen LogP contribution < -0.4 is 5.14 Å². The first-order valence-electron chi connectivity index (χ1n) is 6.17. The minimum atomic E-state index is -3.93. The van der Waals surface area contributed by atoms with Gasteiger partial charge in [0.25, 0.3) is 5.91 Å². The minimum Gasteiger partial charge on any atom is -0.480 e. The summed E-state index contributed by atoms with van der Waals surface area (Å²) in [5, 5.41) is 14.2. The lowest BCUT2D eigenvalue weighted by Gasteiger charge is -2.34. The third-order valence-corrected chi connectivity index (χ3v) is 4.17. The molecule has 0 fully saturated rings. The molecular formula is C12H19N3O5S. The summed E-state index contributed by atoms with van der Waals surface area (Å²) in [4.78, 5) is 24.7. The fourth-order valence-electron chi connectivity index (χ4n) is 1.95. The van der Waals surface area contributed by atoms with Crippen molar-refractivity contribution in [3.8, 4) is 0 Å². The Morgan fingerprint density at radius 3 is 2.29 bits per heavy atom. The molecule has 8 nitrogen and oxygen atoms in total. The first-order valence-corrected chi connectivity index (χ1v) is 7.72. The van der Waals surface area contributed by atoms with Gasteiger partial charge in [0, 0.05) is 19.8 Å². The second-order valence-electron chi connectivity index (χ2n) is 5.13. The second-order valence-corrected chi connectivity index (χ2v) is 6.69. The number of aromatic nitrogens is 1. The number of carboxylic acids is 1. The van der Waals surface area contributed by atoms with E-state index in [0.717, 1.165) is 11.0 Å². The maximum atomic E-state index is 12.5. The summed E-state index contributed by atoms with van der Waals surface area (Å²) >= 11 is 0. The molecule has 0 spiro atoms. The van der Waals surface area contributed by atoms with Crippen molar-refractivity contribution in [3.05, 3.63) is 18.0 Å². The highest BCUT2D eigenvalue weighted by Crippen LogP contribution is 2.20. The van der Waals surface area contributed by atoms with E-state index in [-0.39, 0.29) is 17.1 Å². The SMILES string of the molecule is CCN(C(=O)c1cc(S(N)(=O)=O)cn1C)C(C)(C)C(=O)O. The molecule has 9 heteroatoms. The predicted molar refractivity (Wildman–Crippen MR) is 75.2 cm³/mol. The number of aliphatic carboxylic acids is 1. The van der Waals surface area contributed by atoms with Crippen LogP contribution in [0.4, 0.5) is 0 Å². The molecule has 0 atom stereocenters. The Hall–Kier alpha value is -1.87. The van der Waals surface area contributed by atoms with Gasteiger partial charge in [0.05, 0.1) is 0 Å². The zero-order valence-corrected chi connectivity index (χ0v) is 13.1. The largest absolute Gasteiger partial charge is 0.480 e. The van der Waals surface area contributed by atoms with E-state index in [1.54, 1.807) is 6.92 Å². The summed E-state index contributed by atoms with van der Waals surface area (Å²) < 4.78 is 23.9. The van der Waals surface area contributed by atoms with E-state index < -0.39 is 27.4 Å². The van der Waals surface area contributed by atoms with Gasteiger partial charge in [-0.25, -0.2) is 18.4 Å². The summed E-state index contributed by atoms with van der Waals surface area (Å²) in [6.45, 7) is 4.61. The number of hydrogen-bond acceptors (Lipinski definition) is 4. The molecule has 118 valence electrons. The number of likely N-dealkylation sites (N-methyl/N-ethyl adjacent to an activating group) is 1. The average molecular weight is 317 g/mol. The van der Waals surface area contributed by atoms with E-state index in [9.17, 15) is 23.1 Å². The zero-order valence-electron chi connectivity index (χ0n) is 12.3. The third kappa shape index (κ3) is 3.24. The van der Waals surface area contributed by atoms with Crippen LogP contribution in [0.25, 0.3) is 0 Å². The van der Waals surface area contributed by atoms with E-state index in [4.69, 9.17) is 5.14 Å². The summed E-state index contributed by atoms with van der Waals surface area (Å²) in [5.74, 6) is -1.74. The second kappa shape index (κ2) is 5.49. The summed E-state index contributed by atoms with van der Waals surface area (Å²) in [5.41, 5.74) is -1.37. The van der Waals surface area contributed by atoms with Crippen molar-refractivity contribution in [2.45, 2.75) is 31.2 Å². The number of carbonyl (C=O) groups is 2. The summed E-state index contributed by atoms with van der Waals surface area (Å²) in [6.07, 6.45) is 1.21. The van der Waals surface area contributed by atoms with Crippen molar-refractivity contribution in [2.24, 2.45) is 12.2 Å². The zero-order chi connectivity index (χ0) is 16.6. The molecule has 1 aromatic rings. The molecule has 1 amide bonds. The van der Waals surface area contributed by atoms with Crippen molar-refractivity contribution in [1.82, 2.24) is 9.47 Å². The van der Waals surface area contributed by atoms with Crippen LogP contribution in [0.15, 0.2) is 17.2 Å². The molecule has 0 aliphatic carbocycles. The smallest absolute Gasteiger partial charge is 0.329 e. The van der Waals surface area contributed by atoms with E-state index in [2.05, 4.69) is 0 Å². The molecule has 0 aliphatic rings. The first kappa shape index (κ1) is 17.2. The minimum absolute atomic E-state index is 0.0511. The van der Waals surface area contributed by atoms with Crippen LogP contribution in [0.1, 0.15) is 31.3 Å². The maximum absolute atomic E-state index is 12.5. The van der Waals surface area contributed by atoms with Crippen LogP contribution in [0.2, 0.25) is 0 Å². The van der Waals surface area contributed by atoms with Crippen LogP contribution in [0.3, 0.4) is 0 Å². The monoisotopic (exact) mass is 317 g/mol. The standard InChI is InChI=1S/C12H19N3O5S/c1-5-15(12(2,3)11(17)18)10(16)9-6-8(7-14(9)4)21(13,19)20/h6-7H,5H2,1-4H3,(H,17,18)(H2,13,19,20). The van der Waals surface area contributed by atoms with Crippen LogP contribution in [-0.4, -0.2) is 47.0 Å². The average Bonchev–Trinajstić information content (AvgIpc) is 2.71. The van der Waals surface area contributed by atoms with Gasteiger partial charge in [-0.3, -0.25) is 4.79 Å². The number of nitrogens with two attached hydrogens (primary N) is 1. The molecule has 0 saturated carbocycles. The van der Waals surface area contributed by atoms with Crippen LogP contribution in [0, 0.1) is 0 Å². The van der Waals surface area contributed by atoms with Gasteiger partial charge in [-0.05, 0) is 26.8 Å². The highest BCUT2D eigenvalue weighted by Gasteiger charge is 2.38. The third-order valence-electron chi connectivity index (χ3n) is 3.29. The number of carboxylic acid groups (broad SMARTS) is 1. The number of nitrogens with zero attached hydrogens (tertiary/aromatic N) is 2. The van der Waals surface area contributed by atoms with Crippen molar-refractivity contribution >= 4 is 21.9 Å². The molecule has 0 bridgehead atoms. The lowest BCUT2D eigenvalue weighted by molar-refractivity contribution is -0.147. The molecular weight excluding hydrogens is 298 g/mol. The van der Waals surface area contributed by atoms with Gasteiger partial charge >= 0.3 is 5.97 Å². The van der Waals surface area contributed by atoms with Crippen molar-refractivity contribution in [1.29, 1.82) is 0 Å². The molecule has 0 aliphatic heterocycles. The number of hydrogen-bond donors (Lipinski definition) is 2. The topological polar surface area (TPSA) is 123 Å². The number of amides is 1. The van der Waals surface area contributed by atoms with E-state index in [0.29, 0.717) is 0 Å². The Bertz CT molecular complexity index is 675. The summed E-state index contributed by atoms with van der Waals surface area (Å²) in [7, 11) is -2.44. The van der Waals surface area contributed by atoms with Crippen LogP contribution in [0.5, 0.6) is 0 Å². The fraction of sp³-hybridized carbons (Fsp3) is 0.500. The molecule has 0 aromatic carbocycles. The predicted octanol–water partition coefficient (Wildman–Crippen LogP) is -0.00220. The van der Waals surface area contributed by atoms with E-state index >= 15 is 0 Å². The van der Waals surface area contributed by atoms with Gasteiger partial charge in [-0.2, -0.15) is 0 Å². The Labute approximate surface area is 123 Å². The molecule has 1 heterocycles. The highest BCUT2D eigenvalue weighted by molar-refractivity contribution is 7.89. The number of sulfonamides is 1. The molecule has 0 radical (unpaired) electrons. The van der Waals surface area contributed by atoms with Gasteiger partial charge in [0.2, 0.25) is 10.0 Å². The number of rotatable bonds is 5. The van der Waals surface area contributed by atoms with Gasteiger partial charge in [-0.1, -0.05) is 0 Å². The fourth-order valence-corrected chi connectivity index (χ4v) is 2.53. The van der Waals surface area contributed by atoms with Gasteiger partial charge in [-0.15, -0.1) is 0 Å². The van der Waals surface area contributed by atoms with Crippen molar-refractivity contribution in [2.75, 3.05) is 6.54 Å². The van der Waals surface area contributed by atoms with Crippen molar-refractivity contribution in [3.63, 3.8) is 0 Å². The van der Waals surface area contributed by atoms with E-state index in [1.165, 1.54) is 31.7 Å². The Morgan fingerprint density at radius 2 is 1.95 bits per heavy atom. The molecule has 21 heavy (non-hydrogen) atoms. The first-order chi connectivity index (χ1) is 9.42. The van der Waals surface area contributed by atoms with Gasteiger partial charge in [0.15, 0.2) is 0 Å². The lowest BCUT2D eigenvalue weighted by Crippen LogP contribution is -2.53. The Balaban J connectivity index is 3.31. The molecule has 1 rings (SSSR count). The number of primary sulfonamides is 1. The molecule has 0 saturated heterocycles. The summed E-state index contributed by atoms with van der Waals surface area (Å²) in [6, 6.07) is 1.14. The molecule has 3 N–H and O–H groups in total. The van der Waals surface area contributed by atoms with Gasteiger partial charge < -0.3 is 14.6 Å². The molecule has 1 aromatic heterocycles. The van der Waals surface area contributed by atoms with Crippen LogP contribution >= 0.6 is 0 Å². The quantitative estimate of drug-likeness (QED) is 0.791. The molecule has 0 unspecified atom stereocenters. The Kier molecular flexibility index (Phi) is 4.49. The number of aryl methyl sites for hydroxylation is 1. The van der Waals surface area contributed by atoms with Gasteiger partial charge in [0.1, 0.15) is 16.1 Å². The van der Waals surface area contributed by atoms with Crippen molar-refractivity contribution < 1.29 is 23.1 Å². The Morgan fingerprint density at radius 1 is 1.43 bits per heavy atom. The number of carbonyl (C=O) groups excluding carboxylic acids is 1.